The van der Waals surface area contributed by atoms with E-state index in [0.717, 1.165) is 0 Å². The fourth-order valence-electron chi connectivity index (χ4n) is 0.719. The molecule has 4 heteroatoms. The maximum Gasteiger partial charge on any atom is 0.223 e. The van der Waals surface area contributed by atoms with Gasteiger partial charge in [-0.25, -0.2) is 0 Å². The molecule has 0 bridgehead atoms. The van der Waals surface area contributed by atoms with E-state index in [2.05, 4.69) is 10.6 Å². The monoisotopic (exact) mass is 158 g/mol. The fourth-order valence-corrected chi connectivity index (χ4v) is 0.719. The summed E-state index contributed by atoms with van der Waals surface area (Å²) in [4.78, 5) is 21.6. The van der Waals surface area contributed by atoms with Crippen molar-refractivity contribution in [2.75, 3.05) is 14.1 Å². The van der Waals surface area contributed by atoms with Crippen molar-refractivity contribution in [1.29, 1.82) is 0 Å². The summed E-state index contributed by atoms with van der Waals surface area (Å²) in [7, 11) is 3.11. The minimum Gasteiger partial charge on any atom is -0.359 e. The highest BCUT2D eigenvalue weighted by molar-refractivity contribution is 5.85. The normalized spacial score (nSPS) is 11.9. The van der Waals surface area contributed by atoms with E-state index < -0.39 is 0 Å². The van der Waals surface area contributed by atoms with Crippen molar-refractivity contribution >= 4 is 11.8 Å². The zero-order valence-corrected chi connectivity index (χ0v) is 7.10. The Hall–Kier alpha value is -1.06. The predicted octanol–water partition coefficient (Wildman–Crippen LogP) is -0.495. The van der Waals surface area contributed by atoms with Crippen LogP contribution in [-0.2, 0) is 9.59 Å². The summed E-state index contributed by atoms with van der Waals surface area (Å²) in [5.74, 6) is -0.463. The van der Waals surface area contributed by atoms with Gasteiger partial charge in [0.2, 0.25) is 11.8 Å². The van der Waals surface area contributed by atoms with Crippen molar-refractivity contribution < 1.29 is 9.59 Å². The highest BCUT2D eigenvalue weighted by atomic mass is 16.2. The maximum absolute atomic E-state index is 10.9. The van der Waals surface area contributed by atoms with E-state index in [1.807, 2.05) is 0 Å². The van der Waals surface area contributed by atoms with Crippen LogP contribution >= 0.6 is 0 Å². The van der Waals surface area contributed by atoms with Crippen LogP contribution in [0.2, 0.25) is 0 Å². The van der Waals surface area contributed by atoms with Gasteiger partial charge in [0.15, 0.2) is 0 Å². The van der Waals surface area contributed by atoms with Crippen LogP contribution in [0.1, 0.15) is 13.3 Å². The van der Waals surface area contributed by atoms with Crippen molar-refractivity contribution in [2.45, 2.75) is 13.3 Å². The quantitative estimate of drug-likeness (QED) is 0.582. The first kappa shape index (κ1) is 9.94. The van der Waals surface area contributed by atoms with Crippen LogP contribution in [0.5, 0.6) is 0 Å². The lowest BCUT2D eigenvalue weighted by molar-refractivity contribution is -0.129. The molecular formula is C7H14N2O2. The van der Waals surface area contributed by atoms with Gasteiger partial charge in [-0.1, -0.05) is 6.92 Å². The molecule has 0 aromatic heterocycles. The summed E-state index contributed by atoms with van der Waals surface area (Å²) in [5, 5.41) is 4.93. The topological polar surface area (TPSA) is 58.2 Å². The van der Waals surface area contributed by atoms with Gasteiger partial charge >= 0.3 is 0 Å². The Morgan fingerprint density at radius 3 is 2.18 bits per heavy atom. The molecule has 0 rings (SSSR count). The molecule has 2 amide bonds. The highest BCUT2D eigenvalue weighted by Crippen LogP contribution is 2.00. The molecule has 1 atom stereocenters. The highest BCUT2D eigenvalue weighted by Gasteiger charge is 2.13. The van der Waals surface area contributed by atoms with Crippen LogP contribution in [0.25, 0.3) is 0 Å². The van der Waals surface area contributed by atoms with Crippen LogP contribution in [0, 0.1) is 5.92 Å². The molecule has 0 fully saturated rings. The van der Waals surface area contributed by atoms with Crippen molar-refractivity contribution in [2.24, 2.45) is 5.92 Å². The number of rotatable bonds is 3. The molecule has 0 saturated heterocycles. The van der Waals surface area contributed by atoms with E-state index in [-0.39, 0.29) is 24.2 Å². The van der Waals surface area contributed by atoms with Crippen LogP contribution in [0.4, 0.5) is 0 Å². The maximum atomic E-state index is 10.9. The van der Waals surface area contributed by atoms with Gasteiger partial charge in [0.1, 0.15) is 0 Å². The standard InChI is InChI=1S/C7H14N2O2/c1-5(7(11)9-3)4-6(10)8-2/h5H,4H2,1-3H3,(H,8,10)(H,9,11). The van der Waals surface area contributed by atoms with Gasteiger partial charge in [-0.3, -0.25) is 9.59 Å². The Balaban J connectivity index is 3.77. The number of hydrogen-bond acceptors (Lipinski definition) is 2. The Kier molecular flexibility index (Phi) is 4.26. The molecule has 0 aliphatic heterocycles. The molecule has 11 heavy (non-hydrogen) atoms. The molecule has 0 saturated carbocycles. The van der Waals surface area contributed by atoms with Gasteiger partial charge in [0.05, 0.1) is 0 Å². The second-order valence-corrected chi connectivity index (χ2v) is 2.39. The van der Waals surface area contributed by atoms with E-state index in [1.165, 1.54) is 0 Å². The lowest BCUT2D eigenvalue weighted by Gasteiger charge is -2.07. The minimum atomic E-state index is -0.250. The first-order valence-corrected chi connectivity index (χ1v) is 3.54. The SMILES string of the molecule is CNC(=O)CC(C)C(=O)NC. The molecule has 0 heterocycles. The van der Waals surface area contributed by atoms with Gasteiger partial charge in [-0.05, 0) is 0 Å². The Morgan fingerprint density at radius 2 is 1.82 bits per heavy atom. The summed E-state index contributed by atoms with van der Waals surface area (Å²) in [6.45, 7) is 1.72. The van der Waals surface area contributed by atoms with Crippen molar-refractivity contribution in [1.82, 2.24) is 10.6 Å². The van der Waals surface area contributed by atoms with E-state index in [4.69, 9.17) is 0 Å². The molecule has 4 nitrogen and oxygen atoms in total. The van der Waals surface area contributed by atoms with Gasteiger partial charge < -0.3 is 10.6 Å². The number of hydrogen-bond donors (Lipinski definition) is 2. The molecule has 0 aromatic carbocycles. The Labute approximate surface area is 66.4 Å². The number of nitrogens with one attached hydrogen (secondary N) is 2. The largest absolute Gasteiger partial charge is 0.359 e. The summed E-state index contributed by atoms with van der Waals surface area (Å²) in [6, 6.07) is 0. The van der Waals surface area contributed by atoms with Crippen molar-refractivity contribution in [3.63, 3.8) is 0 Å². The third kappa shape index (κ3) is 3.60. The summed E-state index contributed by atoms with van der Waals surface area (Å²) < 4.78 is 0. The van der Waals surface area contributed by atoms with Crippen molar-refractivity contribution in [3.8, 4) is 0 Å². The van der Waals surface area contributed by atoms with E-state index in [9.17, 15) is 9.59 Å². The summed E-state index contributed by atoms with van der Waals surface area (Å²) >= 11 is 0. The second kappa shape index (κ2) is 4.71. The molecule has 2 N–H and O–H groups in total. The predicted molar refractivity (Wildman–Crippen MR) is 41.9 cm³/mol. The molecular weight excluding hydrogens is 144 g/mol. The average Bonchev–Trinajstić information content (AvgIpc) is 2.02. The summed E-state index contributed by atoms with van der Waals surface area (Å²) in [5.41, 5.74) is 0. The van der Waals surface area contributed by atoms with Crippen molar-refractivity contribution in [3.05, 3.63) is 0 Å². The molecule has 0 radical (unpaired) electrons. The van der Waals surface area contributed by atoms with Crippen LogP contribution in [0.3, 0.4) is 0 Å². The molecule has 64 valence electrons. The Morgan fingerprint density at radius 1 is 1.27 bits per heavy atom. The average molecular weight is 158 g/mol. The number of carbonyl (C=O) groups is 2. The first-order valence-electron chi connectivity index (χ1n) is 3.54. The van der Waals surface area contributed by atoms with Crippen LogP contribution in [0.15, 0.2) is 0 Å². The third-order valence-corrected chi connectivity index (χ3v) is 1.46. The Bertz CT molecular complexity index is 157. The third-order valence-electron chi connectivity index (χ3n) is 1.46. The lowest BCUT2D eigenvalue weighted by atomic mass is 10.1. The molecule has 0 aliphatic rings. The van der Waals surface area contributed by atoms with Gasteiger partial charge in [-0.15, -0.1) is 0 Å². The van der Waals surface area contributed by atoms with Crippen LogP contribution < -0.4 is 10.6 Å². The van der Waals surface area contributed by atoms with Gasteiger partial charge in [-0.2, -0.15) is 0 Å². The first-order chi connectivity index (χ1) is 5.11. The fraction of sp³-hybridized carbons (Fsp3) is 0.714. The zero-order chi connectivity index (χ0) is 8.85. The molecule has 1 unspecified atom stereocenters. The summed E-state index contributed by atoms with van der Waals surface area (Å²) in [6.07, 6.45) is 0.246. The van der Waals surface area contributed by atoms with E-state index in [0.29, 0.717) is 0 Å². The van der Waals surface area contributed by atoms with Gasteiger partial charge in [0, 0.05) is 26.4 Å². The smallest absolute Gasteiger partial charge is 0.223 e. The van der Waals surface area contributed by atoms with E-state index >= 15 is 0 Å². The zero-order valence-electron chi connectivity index (χ0n) is 7.10. The number of amides is 2. The van der Waals surface area contributed by atoms with Crippen LogP contribution in [-0.4, -0.2) is 25.9 Å². The second-order valence-electron chi connectivity index (χ2n) is 2.39. The molecule has 0 spiro atoms. The molecule has 0 aliphatic carbocycles. The lowest BCUT2D eigenvalue weighted by Crippen LogP contribution is -2.30. The van der Waals surface area contributed by atoms with Gasteiger partial charge in [0.25, 0.3) is 0 Å². The molecule has 0 aromatic rings. The van der Waals surface area contributed by atoms with E-state index in [1.54, 1.807) is 21.0 Å². The number of carbonyl (C=O) groups excluding carboxylic acids is 2. The minimum absolute atomic E-state index is 0.103.